The maximum Gasteiger partial charge on any atom is 0.229 e. The summed E-state index contributed by atoms with van der Waals surface area (Å²) >= 11 is 0. The first-order valence-corrected chi connectivity index (χ1v) is 8.03. The molecule has 0 saturated heterocycles. The minimum absolute atomic E-state index is 0.0653. The highest BCUT2D eigenvalue weighted by Crippen LogP contribution is 2.32. The van der Waals surface area contributed by atoms with Crippen LogP contribution in [0.5, 0.6) is 0 Å². The topological polar surface area (TPSA) is 112 Å². The van der Waals surface area contributed by atoms with Crippen LogP contribution in [0.15, 0.2) is 42.5 Å². The average molecular weight is 362 g/mol. The van der Waals surface area contributed by atoms with Gasteiger partial charge < -0.3 is 25.2 Å². The summed E-state index contributed by atoms with van der Waals surface area (Å²) in [4.78, 5) is 25.8. The van der Waals surface area contributed by atoms with Gasteiger partial charge in [0.2, 0.25) is 11.7 Å². The third-order valence-electron chi connectivity index (χ3n) is 4.35. The number of benzene rings is 1. The number of ketones is 1. The number of carbonyl (C=O) groups excluding carboxylic acids is 2. The number of nitrogens with zero attached hydrogens (tertiary/aromatic N) is 1. The van der Waals surface area contributed by atoms with Crippen molar-refractivity contribution < 1.29 is 30.4 Å². The summed E-state index contributed by atoms with van der Waals surface area (Å²) in [6, 6.07) is 10.7. The molecule has 1 atom stereocenters. The van der Waals surface area contributed by atoms with E-state index in [2.05, 4.69) is 5.32 Å². The highest BCUT2D eigenvalue weighted by Gasteiger charge is 2.37. The predicted octanol–water partition coefficient (Wildman–Crippen LogP) is 0.0383. The molecule has 0 fully saturated rings. The fourth-order valence-corrected chi connectivity index (χ4v) is 2.72. The van der Waals surface area contributed by atoms with E-state index in [0.29, 0.717) is 0 Å². The van der Waals surface area contributed by atoms with E-state index < -0.39 is 55.8 Å². The Bertz CT molecular complexity index is 949. The number of aromatic nitrogens is 1. The Morgan fingerprint density at radius 1 is 1.12 bits per heavy atom. The Hall–Kier alpha value is -2.48. The normalized spacial score (nSPS) is 22.5. The summed E-state index contributed by atoms with van der Waals surface area (Å²) in [6.45, 7) is -5.18. The maximum atomic E-state index is 12.9. The van der Waals surface area contributed by atoms with Gasteiger partial charge in [-0.25, -0.2) is 0 Å². The second-order valence-corrected chi connectivity index (χ2v) is 6.11. The molecule has 1 aliphatic rings. The van der Waals surface area contributed by atoms with Gasteiger partial charge in [-0.15, -0.1) is 0 Å². The number of amides is 1. The second kappa shape index (κ2) is 7.41. The van der Waals surface area contributed by atoms with E-state index in [1.807, 2.05) is 0 Å². The Balaban J connectivity index is 2.07. The first kappa shape index (κ1) is 13.7. The third kappa shape index (κ3) is 3.16. The summed E-state index contributed by atoms with van der Waals surface area (Å²) in [6.07, 6.45) is -2.76. The molecule has 4 N–H and O–H groups in total. The van der Waals surface area contributed by atoms with Gasteiger partial charge in [0.25, 0.3) is 0 Å². The Morgan fingerprint density at radius 3 is 2.38 bits per heavy atom. The van der Waals surface area contributed by atoms with Crippen molar-refractivity contribution in [1.29, 1.82) is 0 Å². The molecular formula is C19H22N2O5. The molecule has 1 aromatic heterocycles. The summed E-state index contributed by atoms with van der Waals surface area (Å²) < 4.78 is 34.2. The third-order valence-corrected chi connectivity index (χ3v) is 4.35. The van der Waals surface area contributed by atoms with Gasteiger partial charge in [-0.05, 0) is 18.5 Å². The number of carbonyl (C=O) groups is 2. The lowest BCUT2D eigenvalue weighted by Gasteiger charge is -2.29. The molecule has 2 heterocycles. The van der Waals surface area contributed by atoms with E-state index in [0.717, 1.165) is 4.57 Å². The minimum atomic E-state index is -2.76. The van der Waals surface area contributed by atoms with Gasteiger partial charge >= 0.3 is 0 Å². The van der Waals surface area contributed by atoms with E-state index in [9.17, 15) is 24.9 Å². The van der Waals surface area contributed by atoms with Crippen molar-refractivity contribution in [2.24, 2.45) is 0 Å². The molecule has 3 rings (SSSR count). The summed E-state index contributed by atoms with van der Waals surface area (Å²) in [7, 11) is 0. The number of hydrogen-bond donors (Lipinski definition) is 4. The van der Waals surface area contributed by atoms with Crippen LogP contribution in [0.25, 0.3) is 0 Å². The smallest absolute Gasteiger partial charge is 0.229 e. The zero-order valence-electron chi connectivity index (χ0n) is 17.8. The highest BCUT2D eigenvalue weighted by atomic mass is 16.3. The van der Waals surface area contributed by atoms with E-state index in [-0.39, 0.29) is 17.0 Å². The molecule has 0 radical (unpaired) electrons. The van der Waals surface area contributed by atoms with Gasteiger partial charge in [0.15, 0.2) is 0 Å². The van der Waals surface area contributed by atoms with Crippen LogP contribution in [0.1, 0.15) is 39.5 Å². The van der Waals surface area contributed by atoms with E-state index in [1.165, 1.54) is 12.1 Å². The van der Waals surface area contributed by atoms with Crippen molar-refractivity contribution in [2.45, 2.75) is 24.3 Å². The van der Waals surface area contributed by atoms with E-state index in [1.54, 1.807) is 30.3 Å². The Morgan fingerprint density at radius 2 is 1.77 bits per heavy atom. The van der Waals surface area contributed by atoms with Crippen LogP contribution in [-0.2, 0) is 11.3 Å². The lowest BCUT2D eigenvalue weighted by Crippen LogP contribution is -2.57. The quantitative estimate of drug-likeness (QED) is 0.520. The fraction of sp³-hybridized carbons (Fsp3) is 0.368. The van der Waals surface area contributed by atoms with Crippen LogP contribution in [-0.4, -0.2) is 56.9 Å². The summed E-state index contributed by atoms with van der Waals surface area (Å²) in [5.41, 5.74) is -1.70. The maximum absolute atomic E-state index is 12.9. The van der Waals surface area contributed by atoms with E-state index in [4.69, 9.17) is 5.48 Å². The largest absolute Gasteiger partial charge is 0.394 e. The van der Waals surface area contributed by atoms with Crippen LogP contribution >= 0.6 is 0 Å². The molecule has 26 heavy (non-hydrogen) atoms. The molecule has 7 nitrogen and oxygen atoms in total. The molecule has 1 aromatic carbocycles. The molecule has 0 aliphatic carbocycles. The highest BCUT2D eigenvalue weighted by molar-refractivity contribution is 6.08. The second-order valence-electron chi connectivity index (χ2n) is 6.11. The number of rotatable bonds is 7. The Kier molecular flexibility index (Phi) is 3.90. The molecule has 1 unspecified atom stereocenters. The zero-order chi connectivity index (χ0) is 22.3. The van der Waals surface area contributed by atoms with Crippen LogP contribution in [0.4, 0.5) is 0 Å². The molecule has 0 spiro atoms. The number of nitrogens with one attached hydrogen (secondary N) is 1. The lowest BCUT2D eigenvalue weighted by molar-refractivity contribution is -0.126. The molecule has 0 saturated carbocycles. The minimum Gasteiger partial charge on any atom is -0.394 e. The van der Waals surface area contributed by atoms with Crippen LogP contribution in [0.2, 0.25) is 0 Å². The monoisotopic (exact) mass is 362 g/mol. The van der Waals surface area contributed by atoms with Crippen LogP contribution in [0, 0.1) is 0 Å². The van der Waals surface area contributed by atoms with Crippen LogP contribution < -0.4 is 5.32 Å². The van der Waals surface area contributed by atoms with Gasteiger partial charge in [-0.2, -0.15) is 0 Å². The molecule has 138 valence electrons. The van der Waals surface area contributed by atoms with Crippen molar-refractivity contribution >= 4 is 11.7 Å². The van der Waals surface area contributed by atoms with Gasteiger partial charge in [-0.1, -0.05) is 30.3 Å². The molecule has 2 aromatic rings. The molecule has 1 aliphatic heterocycles. The number of aliphatic hydroxyl groups is 3. The molecule has 1 amide bonds. The van der Waals surface area contributed by atoms with Gasteiger partial charge in [0.05, 0.1) is 31.4 Å². The first-order chi connectivity index (χ1) is 14.1. The van der Waals surface area contributed by atoms with Crippen molar-refractivity contribution in [1.82, 2.24) is 9.88 Å². The van der Waals surface area contributed by atoms with Gasteiger partial charge in [0, 0.05) is 23.2 Å². The number of fused-ring (bicyclic) bond motifs is 1. The summed E-state index contributed by atoms with van der Waals surface area (Å²) in [5, 5.41) is 30.6. The molecular weight excluding hydrogens is 336 g/mol. The van der Waals surface area contributed by atoms with Crippen LogP contribution in [0.3, 0.4) is 0 Å². The first-order valence-electron chi connectivity index (χ1n) is 10.0. The fourth-order valence-electron chi connectivity index (χ4n) is 2.72. The van der Waals surface area contributed by atoms with Crippen molar-refractivity contribution in [2.75, 3.05) is 19.8 Å². The van der Waals surface area contributed by atoms with Gasteiger partial charge in [-0.3, -0.25) is 9.59 Å². The standard InChI is InChI=1S/C19H22N2O5/c22-10-19(11-23,12-24)20-18(26)14-8-9-21-15(14)6-7-16(21)17(25)13-4-2-1-3-5-13/h1-7,14,22-24H,8-12H2,(H,20,26)/i8D2,9D2. The van der Waals surface area contributed by atoms with Crippen molar-refractivity contribution in [3.63, 3.8) is 0 Å². The van der Waals surface area contributed by atoms with Gasteiger partial charge in [0.1, 0.15) is 5.54 Å². The van der Waals surface area contributed by atoms with E-state index >= 15 is 0 Å². The van der Waals surface area contributed by atoms with Crippen molar-refractivity contribution in [3.8, 4) is 0 Å². The molecule has 0 bridgehead atoms. The predicted molar refractivity (Wildman–Crippen MR) is 93.8 cm³/mol. The molecule has 7 heteroatoms. The lowest BCUT2D eigenvalue weighted by atomic mass is 9.98. The summed E-state index contributed by atoms with van der Waals surface area (Å²) in [5.74, 6) is -3.25. The Labute approximate surface area is 156 Å². The number of aliphatic hydroxyl groups excluding tert-OH is 3. The average Bonchev–Trinajstić information content (AvgIpc) is 3.22. The zero-order valence-corrected chi connectivity index (χ0v) is 13.8. The van der Waals surface area contributed by atoms with Crippen molar-refractivity contribution in [3.05, 3.63) is 59.4 Å². The number of hydrogen-bond acceptors (Lipinski definition) is 5. The SMILES string of the molecule is [2H]C1([2H])C(C(=O)NC(CO)(CO)CO)c2ccc(C(=O)c3ccccc3)n2C1([2H])[2H].